The fourth-order valence-electron chi connectivity index (χ4n) is 1.82. The number of hydrogen-bond donors (Lipinski definition) is 0. The molecule has 0 aromatic carbocycles. The maximum Gasteiger partial charge on any atom is 0.394 e. The zero-order valence-electron chi connectivity index (χ0n) is 7.27. The van der Waals surface area contributed by atoms with Gasteiger partial charge < -0.3 is 4.74 Å². The Morgan fingerprint density at radius 1 is 1.36 bits per heavy atom. The number of H-pyrrole nitrogens is 1. The molecule has 14 heavy (non-hydrogen) atoms. The van der Waals surface area contributed by atoms with Gasteiger partial charge in [-0.3, -0.25) is 0 Å². The van der Waals surface area contributed by atoms with Crippen LogP contribution in [-0.2, 0) is 0 Å². The minimum atomic E-state index is 0.0781. The molecule has 3 rings (SSSR count). The van der Waals surface area contributed by atoms with Crippen LogP contribution in [0.4, 0.5) is 0 Å². The molecule has 1 aromatic heterocycles. The van der Waals surface area contributed by atoms with Crippen LogP contribution in [0.2, 0.25) is 5.28 Å². The van der Waals surface area contributed by atoms with Gasteiger partial charge in [-0.05, 0) is 11.1 Å². The summed E-state index contributed by atoms with van der Waals surface area (Å²) in [6, 6.07) is 0. The molecule has 0 fully saturated rings. The Bertz CT molecular complexity index is 442. The van der Waals surface area contributed by atoms with E-state index in [4.69, 9.17) is 16.3 Å². The van der Waals surface area contributed by atoms with Gasteiger partial charge in [-0.15, -0.1) is 0 Å². The maximum atomic E-state index is 5.79. The van der Waals surface area contributed by atoms with E-state index >= 15 is 0 Å². The van der Waals surface area contributed by atoms with Gasteiger partial charge in [0.1, 0.15) is 12.3 Å². The van der Waals surface area contributed by atoms with Crippen LogP contribution in [0.25, 0.3) is 0 Å². The van der Waals surface area contributed by atoms with E-state index in [0.29, 0.717) is 5.28 Å². The van der Waals surface area contributed by atoms with Gasteiger partial charge >= 0.3 is 5.28 Å². The molecule has 0 saturated heterocycles. The first-order chi connectivity index (χ1) is 6.84. The molecule has 0 radical (unpaired) electrons. The Morgan fingerprint density at radius 2 is 2.21 bits per heavy atom. The summed E-state index contributed by atoms with van der Waals surface area (Å²) in [5.41, 5.74) is 0.916. The van der Waals surface area contributed by atoms with Crippen LogP contribution < -0.4 is 9.72 Å². The molecular formula is C10H8ClN2O+. The molecule has 1 N–H and O–H groups in total. The summed E-state index contributed by atoms with van der Waals surface area (Å²) in [4.78, 5) is 7.06. The van der Waals surface area contributed by atoms with Gasteiger partial charge in [-0.2, -0.15) is 0 Å². The third kappa shape index (κ3) is 1.06. The van der Waals surface area contributed by atoms with Crippen molar-refractivity contribution in [3.05, 3.63) is 41.5 Å². The van der Waals surface area contributed by atoms with Crippen molar-refractivity contribution in [3.63, 3.8) is 0 Å². The first-order valence-corrected chi connectivity index (χ1v) is 4.82. The molecule has 0 bridgehead atoms. The van der Waals surface area contributed by atoms with Crippen LogP contribution in [0.3, 0.4) is 0 Å². The van der Waals surface area contributed by atoms with E-state index in [-0.39, 0.29) is 12.0 Å². The van der Waals surface area contributed by atoms with Crippen molar-refractivity contribution >= 4 is 11.6 Å². The van der Waals surface area contributed by atoms with Gasteiger partial charge in [0.25, 0.3) is 0 Å². The summed E-state index contributed by atoms with van der Waals surface area (Å²) >= 11 is 5.79. The molecule has 1 aliphatic carbocycles. The van der Waals surface area contributed by atoms with Gasteiger partial charge in [-0.1, -0.05) is 18.2 Å². The zero-order valence-corrected chi connectivity index (χ0v) is 8.03. The lowest BCUT2D eigenvalue weighted by molar-refractivity contribution is -0.381. The maximum absolute atomic E-state index is 5.79. The van der Waals surface area contributed by atoms with Gasteiger partial charge in [0.2, 0.25) is 11.4 Å². The quantitative estimate of drug-likeness (QED) is 0.605. The van der Waals surface area contributed by atoms with Crippen molar-refractivity contribution in [3.8, 4) is 5.75 Å². The highest BCUT2D eigenvalue weighted by Gasteiger charge is 2.38. The Balaban J connectivity index is 2.12. The smallest absolute Gasteiger partial charge is 0.394 e. The zero-order chi connectivity index (χ0) is 9.54. The highest BCUT2D eigenvalue weighted by molar-refractivity contribution is 6.27. The normalized spacial score (nSPS) is 26.9. The van der Waals surface area contributed by atoms with Crippen LogP contribution in [-0.4, -0.2) is 11.1 Å². The molecule has 2 unspecified atom stereocenters. The first kappa shape index (κ1) is 8.00. The molecule has 4 heteroatoms. The van der Waals surface area contributed by atoms with Crippen molar-refractivity contribution in [2.45, 2.75) is 12.0 Å². The minimum absolute atomic E-state index is 0.0781. The number of fused-ring (bicyclic) bond motifs is 3. The summed E-state index contributed by atoms with van der Waals surface area (Å²) in [5, 5.41) is 0.399. The highest BCUT2D eigenvalue weighted by Crippen LogP contribution is 2.38. The van der Waals surface area contributed by atoms with Gasteiger partial charge in [-0.25, -0.2) is 4.98 Å². The SMILES string of the molecule is Clc1nc2c(c[nH+]1)OC1C=CC=CC21. The Kier molecular flexibility index (Phi) is 1.61. The predicted molar refractivity (Wildman–Crippen MR) is 51.2 cm³/mol. The van der Waals surface area contributed by atoms with Crippen LogP contribution in [0.1, 0.15) is 11.6 Å². The average molecular weight is 208 g/mol. The lowest BCUT2D eigenvalue weighted by Crippen LogP contribution is -2.15. The molecule has 2 atom stereocenters. The van der Waals surface area contributed by atoms with Crippen molar-refractivity contribution in [2.75, 3.05) is 0 Å². The summed E-state index contributed by atoms with van der Waals surface area (Å²) < 4.78 is 5.68. The summed E-state index contributed by atoms with van der Waals surface area (Å²) in [6.07, 6.45) is 9.93. The average Bonchev–Trinajstić information content (AvgIpc) is 2.56. The highest BCUT2D eigenvalue weighted by atomic mass is 35.5. The van der Waals surface area contributed by atoms with Crippen LogP contribution >= 0.6 is 11.6 Å². The number of aromatic amines is 1. The van der Waals surface area contributed by atoms with Gasteiger partial charge in [0.15, 0.2) is 0 Å². The fraction of sp³-hybridized carbons (Fsp3) is 0.200. The third-order valence-corrected chi connectivity index (χ3v) is 2.65. The molecule has 0 saturated carbocycles. The molecule has 3 nitrogen and oxygen atoms in total. The minimum Gasteiger partial charge on any atom is -0.478 e. The lowest BCUT2D eigenvalue weighted by Gasteiger charge is -2.11. The Hall–Kier alpha value is -1.35. The topological polar surface area (TPSA) is 36.3 Å². The molecule has 0 spiro atoms. The van der Waals surface area contributed by atoms with E-state index in [2.05, 4.69) is 16.0 Å². The fourth-order valence-corrected chi connectivity index (χ4v) is 1.96. The number of halogens is 1. The lowest BCUT2D eigenvalue weighted by atomic mass is 9.96. The second-order valence-electron chi connectivity index (χ2n) is 3.32. The van der Waals surface area contributed by atoms with E-state index in [1.54, 1.807) is 6.20 Å². The van der Waals surface area contributed by atoms with Crippen molar-refractivity contribution in [2.24, 2.45) is 0 Å². The van der Waals surface area contributed by atoms with E-state index in [0.717, 1.165) is 11.4 Å². The number of hydrogen-bond acceptors (Lipinski definition) is 2. The third-order valence-electron chi connectivity index (χ3n) is 2.46. The molecule has 2 aliphatic rings. The van der Waals surface area contributed by atoms with Crippen LogP contribution in [0.15, 0.2) is 30.5 Å². The largest absolute Gasteiger partial charge is 0.478 e. The molecule has 1 aliphatic heterocycles. The first-order valence-electron chi connectivity index (χ1n) is 4.44. The van der Waals surface area contributed by atoms with Crippen molar-refractivity contribution in [1.29, 1.82) is 0 Å². The van der Waals surface area contributed by atoms with Crippen LogP contribution in [0.5, 0.6) is 5.75 Å². The Morgan fingerprint density at radius 3 is 3.14 bits per heavy atom. The second kappa shape index (κ2) is 2.82. The van der Waals surface area contributed by atoms with Gasteiger partial charge in [0, 0.05) is 11.6 Å². The van der Waals surface area contributed by atoms with Gasteiger partial charge in [0.05, 0.1) is 5.92 Å². The molecule has 70 valence electrons. The summed E-state index contributed by atoms with van der Waals surface area (Å²) in [5.74, 6) is 1.00. The molecule has 0 amide bonds. The number of nitrogens with zero attached hydrogens (tertiary/aromatic N) is 1. The van der Waals surface area contributed by atoms with Crippen molar-refractivity contribution < 1.29 is 9.72 Å². The van der Waals surface area contributed by atoms with E-state index in [1.165, 1.54) is 0 Å². The molecule has 1 aromatic rings. The Labute approximate surface area is 86.1 Å². The second-order valence-corrected chi connectivity index (χ2v) is 3.68. The molecule has 2 heterocycles. The predicted octanol–water partition coefficient (Wildman–Crippen LogP) is 1.52. The standard InChI is InChI=1S/C10H7ClN2O/c11-10-12-5-8-9(13-10)6-3-1-2-4-7(6)14-8/h1-7H/p+1. The summed E-state index contributed by atoms with van der Waals surface area (Å²) in [7, 11) is 0. The molecular weight excluding hydrogens is 200 g/mol. The number of ether oxygens (including phenoxy) is 1. The van der Waals surface area contributed by atoms with Crippen molar-refractivity contribution in [1.82, 2.24) is 4.98 Å². The van der Waals surface area contributed by atoms with E-state index in [9.17, 15) is 0 Å². The number of allylic oxidation sites excluding steroid dienone is 2. The van der Waals surface area contributed by atoms with E-state index < -0.39 is 0 Å². The number of aromatic nitrogens is 2. The number of nitrogens with one attached hydrogen (secondary N) is 1. The van der Waals surface area contributed by atoms with Crippen LogP contribution in [0, 0.1) is 0 Å². The summed E-state index contributed by atoms with van der Waals surface area (Å²) in [6.45, 7) is 0. The monoisotopic (exact) mass is 207 g/mol. The number of rotatable bonds is 0. The van der Waals surface area contributed by atoms with E-state index in [1.807, 2.05) is 18.2 Å².